The average Bonchev–Trinajstić information content (AvgIpc) is 3.04. The van der Waals surface area contributed by atoms with Crippen molar-refractivity contribution in [2.75, 3.05) is 11.5 Å². The van der Waals surface area contributed by atoms with E-state index in [0.29, 0.717) is 11.4 Å². The van der Waals surface area contributed by atoms with E-state index in [1.54, 1.807) is 12.1 Å². The molecule has 4 rings (SSSR count). The number of nitrogens with one attached hydrogen (secondary N) is 1. The van der Waals surface area contributed by atoms with Gasteiger partial charge < -0.3 is 21.6 Å². The number of nitrogen functional groups attached to an aromatic ring is 2. The van der Waals surface area contributed by atoms with Gasteiger partial charge in [0.15, 0.2) is 0 Å². The van der Waals surface area contributed by atoms with E-state index in [1.807, 2.05) is 42.5 Å². The van der Waals surface area contributed by atoms with Crippen molar-refractivity contribution >= 4 is 28.4 Å². The molecule has 0 amide bonds. The van der Waals surface area contributed by atoms with Gasteiger partial charge in [-0.3, -0.25) is 0 Å². The number of imidazole rings is 1. The van der Waals surface area contributed by atoms with E-state index in [0.717, 1.165) is 33.5 Å². The fourth-order valence-electron chi connectivity index (χ4n) is 2.95. The van der Waals surface area contributed by atoms with Crippen LogP contribution >= 0.6 is 0 Å². The van der Waals surface area contributed by atoms with E-state index in [4.69, 9.17) is 11.5 Å². The molecular weight excluding hydrogens is 328 g/mol. The van der Waals surface area contributed by atoms with Crippen molar-refractivity contribution in [3.63, 3.8) is 0 Å². The SMILES string of the molecule is Nc1cc(C(=O)O)cc(-c2ccc3nc(-c4cccc(N)c4)[nH]c3c2)c1. The first-order valence-electron chi connectivity index (χ1n) is 7.99. The van der Waals surface area contributed by atoms with E-state index < -0.39 is 5.97 Å². The van der Waals surface area contributed by atoms with E-state index in [9.17, 15) is 9.90 Å². The van der Waals surface area contributed by atoms with Crippen molar-refractivity contribution in [2.24, 2.45) is 0 Å². The molecule has 1 aromatic heterocycles. The Balaban J connectivity index is 1.80. The summed E-state index contributed by atoms with van der Waals surface area (Å²) in [7, 11) is 0. The zero-order valence-electron chi connectivity index (χ0n) is 13.7. The number of aromatic nitrogens is 2. The minimum absolute atomic E-state index is 0.158. The smallest absolute Gasteiger partial charge is 0.335 e. The lowest BCUT2D eigenvalue weighted by Crippen LogP contribution is -1.98. The molecule has 0 bridgehead atoms. The van der Waals surface area contributed by atoms with Gasteiger partial charge in [-0.1, -0.05) is 18.2 Å². The number of aromatic carboxylic acids is 1. The van der Waals surface area contributed by atoms with E-state index in [1.165, 1.54) is 6.07 Å². The van der Waals surface area contributed by atoms with Gasteiger partial charge in [0.25, 0.3) is 0 Å². The molecule has 128 valence electrons. The van der Waals surface area contributed by atoms with Crippen molar-refractivity contribution in [3.8, 4) is 22.5 Å². The molecule has 6 heteroatoms. The van der Waals surface area contributed by atoms with Crippen LogP contribution < -0.4 is 11.5 Å². The first kappa shape index (κ1) is 15.7. The van der Waals surface area contributed by atoms with Crippen LogP contribution in [0, 0.1) is 0 Å². The van der Waals surface area contributed by atoms with Gasteiger partial charge >= 0.3 is 5.97 Å². The fourth-order valence-corrected chi connectivity index (χ4v) is 2.95. The molecule has 0 saturated heterocycles. The number of H-pyrrole nitrogens is 1. The first-order valence-corrected chi connectivity index (χ1v) is 7.99. The summed E-state index contributed by atoms with van der Waals surface area (Å²) >= 11 is 0. The molecule has 0 saturated carbocycles. The van der Waals surface area contributed by atoms with Crippen molar-refractivity contribution in [3.05, 3.63) is 66.2 Å². The molecule has 0 fully saturated rings. The lowest BCUT2D eigenvalue weighted by molar-refractivity contribution is 0.0697. The minimum atomic E-state index is -1.01. The molecule has 3 aromatic carbocycles. The number of fused-ring (bicyclic) bond motifs is 1. The lowest BCUT2D eigenvalue weighted by atomic mass is 10.0. The van der Waals surface area contributed by atoms with Gasteiger partial charge in [0.1, 0.15) is 5.82 Å². The molecule has 6 nitrogen and oxygen atoms in total. The first-order chi connectivity index (χ1) is 12.5. The largest absolute Gasteiger partial charge is 0.478 e. The van der Waals surface area contributed by atoms with Crippen LogP contribution in [0.15, 0.2) is 60.7 Å². The number of nitrogens with two attached hydrogens (primary N) is 2. The summed E-state index contributed by atoms with van der Waals surface area (Å²) in [6, 6.07) is 18.0. The molecule has 4 aromatic rings. The van der Waals surface area contributed by atoms with Crippen LogP contribution in [-0.2, 0) is 0 Å². The number of hydrogen-bond acceptors (Lipinski definition) is 4. The molecule has 26 heavy (non-hydrogen) atoms. The molecule has 0 spiro atoms. The van der Waals surface area contributed by atoms with Gasteiger partial charge in [-0.15, -0.1) is 0 Å². The van der Waals surface area contributed by atoms with Gasteiger partial charge in [0.05, 0.1) is 16.6 Å². The standard InChI is InChI=1S/C20H16N4O2/c21-15-3-1-2-12(7-15)19-23-17-5-4-11(10-18(17)24-19)13-6-14(20(25)26)9-16(22)8-13/h1-10H,21-22H2,(H,23,24)(H,25,26). The summed E-state index contributed by atoms with van der Waals surface area (Å²) in [5.41, 5.74) is 17.1. The van der Waals surface area contributed by atoms with Crippen LogP contribution in [0.5, 0.6) is 0 Å². The molecule has 6 N–H and O–H groups in total. The highest BCUT2D eigenvalue weighted by Gasteiger charge is 2.10. The maximum absolute atomic E-state index is 11.3. The third-order valence-electron chi connectivity index (χ3n) is 4.18. The van der Waals surface area contributed by atoms with Gasteiger partial charge in [-0.2, -0.15) is 0 Å². The second-order valence-corrected chi connectivity index (χ2v) is 6.09. The van der Waals surface area contributed by atoms with Crippen LogP contribution in [-0.4, -0.2) is 21.0 Å². The number of carbonyl (C=O) groups is 1. The van der Waals surface area contributed by atoms with E-state index in [-0.39, 0.29) is 5.56 Å². The summed E-state index contributed by atoms with van der Waals surface area (Å²) in [4.78, 5) is 19.1. The quantitative estimate of drug-likeness (QED) is 0.422. The summed E-state index contributed by atoms with van der Waals surface area (Å²) in [5, 5.41) is 9.22. The van der Waals surface area contributed by atoms with Crippen LogP contribution in [0.1, 0.15) is 10.4 Å². The van der Waals surface area contributed by atoms with Crippen LogP contribution in [0.4, 0.5) is 11.4 Å². The number of anilines is 2. The molecule has 0 aliphatic carbocycles. The molecule has 0 radical (unpaired) electrons. The van der Waals surface area contributed by atoms with Crippen molar-refractivity contribution in [1.29, 1.82) is 0 Å². The lowest BCUT2D eigenvalue weighted by Gasteiger charge is -2.05. The highest BCUT2D eigenvalue weighted by molar-refractivity contribution is 5.92. The Morgan fingerprint density at radius 2 is 1.69 bits per heavy atom. The van der Waals surface area contributed by atoms with Crippen molar-refractivity contribution in [1.82, 2.24) is 9.97 Å². The Morgan fingerprint density at radius 3 is 2.46 bits per heavy atom. The van der Waals surface area contributed by atoms with Crippen molar-refractivity contribution < 1.29 is 9.90 Å². The molecule has 0 unspecified atom stereocenters. The summed E-state index contributed by atoms with van der Waals surface area (Å²) in [6.07, 6.45) is 0. The second kappa shape index (κ2) is 5.93. The number of aromatic amines is 1. The fraction of sp³-hybridized carbons (Fsp3) is 0. The molecule has 1 heterocycles. The maximum atomic E-state index is 11.3. The maximum Gasteiger partial charge on any atom is 0.335 e. The normalized spacial score (nSPS) is 10.9. The van der Waals surface area contributed by atoms with Crippen LogP contribution in [0.25, 0.3) is 33.5 Å². The van der Waals surface area contributed by atoms with Crippen LogP contribution in [0.2, 0.25) is 0 Å². The second-order valence-electron chi connectivity index (χ2n) is 6.09. The van der Waals surface area contributed by atoms with Gasteiger partial charge in [0, 0.05) is 16.9 Å². The zero-order valence-corrected chi connectivity index (χ0v) is 13.7. The Kier molecular flexibility index (Phi) is 3.58. The monoisotopic (exact) mass is 344 g/mol. The van der Waals surface area contributed by atoms with E-state index in [2.05, 4.69) is 9.97 Å². The highest BCUT2D eigenvalue weighted by atomic mass is 16.4. The van der Waals surface area contributed by atoms with Crippen LogP contribution in [0.3, 0.4) is 0 Å². The number of carboxylic acids is 1. The number of nitrogens with zero attached hydrogens (tertiary/aromatic N) is 1. The molecular formula is C20H16N4O2. The number of rotatable bonds is 3. The Labute approximate surface area is 149 Å². The highest BCUT2D eigenvalue weighted by Crippen LogP contribution is 2.28. The predicted molar refractivity (Wildman–Crippen MR) is 103 cm³/mol. The van der Waals surface area contributed by atoms with Crippen molar-refractivity contribution in [2.45, 2.75) is 0 Å². The Morgan fingerprint density at radius 1 is 0.885 bits per heavy atom. The average molecular weight is 344 g/mol. The van der Waals surface area contributed by atoms with E-state index >= 15 is 0 Å². The Bertz CT molecular complexity index is 1150. The summed E-state index contributed by atoms with van der Waals surface area (Å²) in [6.45, 7) is 0. The number of carboxylic acid groups (broad SMARTS) is 1. The zero-order chi connectivity index (χ0) is 18.3. The molecule has 0 aliphatic heterocycles. The number of benzene rings is 3. The summed E-state index contributed by atoms with van der Waals surface area (Å²) < 4.78 is 0. The van der Waals surface area contributed by atoms with Gasteiger partial charge in [-0.25, -0.2) is 9.78 Å². The molecule has 0 atom stereocenters. The third-order valence-corrected chi connectivity index (χ3v) is 4.18. The molecule has 0 aliphatic rings. The topological polar surface area (TPSA) is 118 Å². The Hall–Kier alpha value is -3.80. The van der Waals surface area contributed by atoms with Gasteiger partial charge in [0.2, 0.25) is 0 Å². The number of hydrogen-bond donors (Lipinski definition) is 4. The minimum Gasteiger partial charge on any atom is -0.478 e. The van der Waals surface area contributed by atoms with Gasteiger partial charge in [-0.05, 0) is 53.6 Å². The predicted octanol–water partition coefficient (Wildman–Crippen LogP) is 3.76. The third kappa shape index (κ3) is 2.84. The summed E-state index contributed by atoms with van der Waals surface area (Å²) in [5.74, 6) is -0.284.